The molecule has 0 atom stereocenters. The molecule has 0 unspecified atom stereocenters. The van der Waals surface area contributed by atoms with E-state index in [9.17, 15) is 10.1 Å². The van der Waals surface area contributed by atoms with Gasteiger partial charge in [0.05, 0.1) is 4.92 Å². The van der Waals surface area contributed by atoms with E-state index >= 15 is 0 Å². The Kier molecular flexibility index (Phi) is 5.09. The lowest BCUT2D eigenvalue weighted by molar-refractivity contribution is -0.385. The average Bonchev–Trinajstić information content (AvgIpc) is 2.49. The van der Waals surface area contributed by atoms with Gasteiger partial charge in [-0.3, -0.25) is 15.0 Å². The van der Waals surface area contributed by atoms with Crippen molar-refractivity contribution in [2.75, 3.05) is 51.6 Å². The standard InChI is InChI=1S/C14H19N5O2/c1-17-6-8-18(9-7-17)5-4-16-13-2-3-14(19(20)21)12(10-13)11-15/h2-3,10,16H,4-9H2,1H3. The molecule has 1 heterocycles. The monoisotopic (exact) mass is 289 g/mol. The lowest BCUT2D eigenvalue weighted by Gasteiger charge is -2.32. The number of anilines is 1. The second-order valence-electron chi connectivity index (χ2n) is 5.17. The van der Waals surface area contributed by atoms with Crippen molar-refractivity contribution in [2.45, 2.75) is 0 Å². The summed E-state index contributed by atoms with van der Waals surface area (Å²) >= 11 is 0. The molecule has 1 aliphatic rings. The molecule has 0 radical (unpaired) electrons. The molecule has 0 aromatic heterocycles. The highest BCUT2D eigenvalue weighted by Crippen LogP contribution is 2.21. The van der Waals surface area contributed by atoms with Crippen LogP contribution in [0.5, 0.6) is 0 Å². The number of benzene rings is 1. The minimum absolute atomic E-state index is 0.0876. The number of hydrogen-bond donors (Lipinski definition) is 1. The fraction of sp³-hybridized carbons (Fsp3) is 0.500. The number of nitriles is 1. The molecule has 0 bridgehead atoms. The summed E-state index contributed by atoms with van der Waals surface area (Å²) in [5, 5.41) is 22.9. The Labute approximate surface area is 123 Å². The Bertz CT molecular complexity index is 547. The lowest BCUT2D eigenvalue weighted by atomic mass is 10.1. The number of nitrogens with zero attached hydrogens (tertiary/aromatic N) is 4. The van der Waals surface area contributed by atoms with E-state index in [0.717, 1.165) is 45.0 Å². The van der Waals surface area contributed by atoms with Gasteiger partial charge in [0.25, 0.3) is 5.69 Å². The maximum absolute atomic E-state index is 10.8. The summed E-state index contributed by atoms with van der Waals surface area (Å²) in [4.78, 5) is 14.9. The van der Waals surface area contributed by atoms with Crippen LogP contribution in [-0.2, 0) is 0 Å². The third-order valence-electron chi connectivity index (χ3n) is 3.67. The molecule has 1 saturated heterocycles. The second-order valence-corrected chi connectivity index (χ2v) is 5.17. The maximum atomic E-state index is 10.8. The molecule has 0 spiro atoms. The van der Waals surface area contributed by atoms with E-state index in [-0.39, 0.29) is 11.3 Å². The van der Waals surface area contributed by atoms with E-state index in [1.165, 1.54) is 12.1 Å². The lowest BCUT2D eigenvalue weighted by Crippen LogP contribution is -2.45. The van der Waals surface area contributed by atoms with Crippen molar-refractivity contribution in [3.8, 4) is 6.07 Å². The van der Waals surface area contributed by atoms with Crippen LogP contribution >= 0.6 is 0 Å². The van der Waals surface area contributed by atoms with Crippen molar-refractivity contribution in [2.24, 2.45) is 0 Å². The van der Waals surface area contributed by atoms with Crippen LogP contribution in [0.3, 0.4) is 0 Å². The fourth-order valence-corrected chi connectivity index (χ4v) is 2.32. The SMILES string of the molecule is CN1CCN(CCNc2ccc([N+](=O)[O-])c(C#N)c2)CC1. The molecule has 0 aliphatic carbocycles. The molecule has 1 N–H and O–H groups in total. The van der Waals surface area contributed by atoms with Crippen LogP contribution in [0.25, 0.3) is 0 Å². The molecule has 21 heavy (non-hydrogen) atoms. The average molecular weight is 289 g/mol. The molecule has 1 aromatic carbocycles. The first-order chi connectivity index (χ1) is 10.1. The van der Waals surface area contributed by atoms with Gasteiger partial charge in [-0.05, 0) is 19.2 Å². The molecular weight excluding hydrogens is 270 g/mol. The molecule has 1 aromatic rings. The molecular formula is C14H19N5O2. The molecule has 112 valence electrons. The molecule has 1 aliphatic heterocycles. The van der Waals surface area contributed by atoms with E-state index in [1.54, 1.807) is 6.07 Å². The zero-order chi connectivity index (χ0) is 15.2. The number of piperazine rings is 1. The summed E-state index contributed by atoms with van der Waals surface area (Å²) in [5.41, 5.74) is 0.679. The van der Waals surface area contributed by atoms with Crippen molar-refractivity contribution in [3.63, 3.8) is 0 Å². The molecule has 0 saturated carbocycles. The van der Waals surface area contributed by atoms with E-state index in [2.05, 4.69) is 22.2 Å². The van der Waals surface area contributed by atoms with E-state index in [4.69, 9.17) is 5.26 Å². The summed E-state index contributed by atoms with van der Waals surface area (Å²) in [6.45, 7) is 5.95. The van der Waals surface area contributed by atoms with E-state index < -0.39 is 4.92 Å². The molecule has 1 fully saturated rings. The van der Waals surface area contributed by atoms with Gasteiger partial charge in [-0.1, -0.05) is 0 Å². The topological polar surface area (TPSA) is 85.4 Å². The number of nitro groups is 1. The third kappa shape index (κ3) is 4.15. The van der Waals surface area contributed by atoms with Crippen LogP contribution in [0, 0.1) is 21.4 Å². The minimum atomic E-state index is -0.535. The van der Waals surface area contributed by atoms with Crippen molar-refractivity contribution >= 4 is 11.4 Å². The summed E-state index contributed by atoms with van der Waals surface area (Å²) in [7, 11) is 2.12. The highest BCUT2D eigenvalue weighted by molar-refractivity contribution is 5.58. The second kappa shape index (κ2) is 7.02. The molecule has 7 heteroatoms. The third-order valence-corrected chi connectivity index (χ3v) is 3.67. The van der Waals surface area contributed by atoms with Crippen LogP contribution in [-0.4, -0.2) is 61.0 Å². The van der Waals surface area contributed by atoms with Crippen LogP contribution in [0.2, 0.25) is 0 Å². The number of hydrogen-bond acceptors (Lipinski definition) is 6. The van der Waals surface area contributed by atoms with E-state index in [0.29, 0.717) is 0 Å². The Morgan fingerprint density at radius 3 is 2.71 bits per heavy atom. The van der Waals surface area contributed by atoms with Gasteiger partial charge in [0.2, 0.25) is 0 Å². The fourth-order valence-electron chi connectivity index (χ4n) is 2.32. The predicted octanol–water partition coefficient (Wildman–Crippen LogP) is 1.13. The Morgan fingerprint density at radius 1 is 1.38 bits per heavy atom. The molecule has 0 amide bonds. The predicted molar refractivity (Wildman–Crippen MR) is 80.2 cm³/mol. The molecule has 7 nitrogen and oxygen atoms in total. The number of rotatable bonds is 5. The minimum Gasteiger partial charge on any atom is -0.384 e. The summed E-state index contributed by atoms with van der Waals surface area (Å²) in [6, 6.07) is 6.41. The first-order valence-electron chi connectivity index (χ1n) is 6.93. The first kappa shape index (κ1) is 15.2. The zero-order valence-electron chi connectivity index (χ0n) is 12.1. The number of likely N-dealkylation sites (N-methyl/N-ethyl adjacent to an activating group) is 1. The largest absolute Gasteiger partial charge is 0.384 e. The van der Waals surface area contributed by atoms with Crippen LogP contribution in [0.1, 0.15) is 5.56 Å². The normalized spacial score (nSPS) is 16.4. The van der Waals surface area contributed by atoms with Gasteiger partial charge < -0.3 is 10.2 Å². The van der Waals surface area contributed by atoms with Crippen molar-refractivity contribution < 1.29 is 4.92 Å². The summed E-state index contributed by atoms with van der Waals surface area (Å²) in [6.07, 6.45) is 0. The van der Waals surface area contributed by atoms with Crippen LogP contribution in [0.4, 0.5) is 11.4 Å². The van der Waals surface area contributed by atoms with E-state index in [1.807, 2.05) is 6.07 Å². The number of nitrogens with one attached hydrogen (secondary N) is 1. The Morgan fingerprint density at radius 2 is 2.10 bits per heavy atom. The van der Waals surface area contributed by atoms with Gasteiger partial charge in [-0.15, -0.1) is 0 Å². The van der Waals surface area contributed by atoms with Crippen molar-refractivity contribution in [1.29, 1.82) is 5.26 Å². The first-order valence-corrected chi connectivity index (χ1v) is 6.93. The van der Waals surface area contributed by atoms with Crippen molar-refractivity contribution in [3.05, 3.63) is 33.9 Å². The van der Waals surface area contributed by atoms with Gasteiger partial charge in [0.15, 0.2) is 0 Å². The number of nitro benzene ring substituents is 1. The quantitative estimate of drug-likeness (QED) is 0.646. The van der Waals surface area contributed by atoms with Crippen LogP contribution in [0.15, 0.2) is 18.2 Å². The zero-order valence-corrected chi connectivity index (χ0v) is 12.1. The molecule has 2 rings (SSSR count). The summed E-state index contributed by atoms with van der Waals surface area (Å²) < 4.78 is 0. The highest BCUT2D eigenvalue weighted by atomic mass is 16.6. The maximum Gasteiger partial charge on any atom is 0.287 e. The van der Waals surface area contributed by atoms with Gasteiger partial charge in [0.1, 0.15) is 11.6 Å². The Balaban J connectivity index is 1.86. The summed E-state index contributed by atoms with van der Waals surface area (Å²) in [5.74, 6) is 0. The highest BCUT2D eigenvalue weighted by Gasteiger charge is 2.15. The van der Waals surface area contributed by atoms with Gasteiger partial charge in [0, 0.05) is 51.0 Å². The van der Waals surface area contributed by atoms with Crippen LogP contribution < -0.4 is 5.32 Å². The van der Waals surface area contributed by atoms with Gasteiger partial charge in [-0.25, -0.2) is 0 Å². The smallest absolute Gasteiger partial charge is 0.287 e. The van der Waals surface area contributed by atoms with Gasteiger partial charge >= 0.3 is 0 Å². The van der Waals surface area contributed by atoms with Crippen molar-refractivity contribution in [1.82, 2.24) is 9.80 Å². The van der Waals surface area contributed by atoms with Gasteiger partial charge in [-0.2, -0.15) is 5.26 Å². The Hall–Kier alpha value is -2.17.